The molecule has 13 heteroatoms. The summed E-state index contributed by atoms with van der Waals surface area (Å²) in [5, 5.41) is 32.5. The number of fused-ring (bicyclic) bond motifs is 20. The van der Waals surface area contributed by atoms with Crippen LogP contribution in [0.3, 0.4) is 0 Å². The molecule has 9 rings (SSSR count). The van der Waals surface area contributed by atoms with E-state index in [-0.39, 0.29) is 53.2 Å². The number of hydrogen-bond acceptors (Lipinski definition) is 11. The van der Waals surface area contributed by atoms with Crippen molar-refractivity contribution < 1.29 is 12.3 Å². The van der Waals surface area contributed by atoms with Crippen LogP contribution in [0.5, 0.6) is 0 Å². The molecule has 8 N–H and O–H groups in total. The summed E-state index contributed by atoms with van der Waals surface area (Å²) < 4.78 is 32.3. The zero-order valence-electron chi connectivity index (χ0n) is 27.1. The van der Waals surface area contributed by atoms with E-state index >= 15 is 0 Å². The van der Waals surface area contributed by atoms with Gasteiger partial charge in [0, 0.05) is 5.92 Å². The third kappa shape index (κ3) is 5.33. The van der Waals surface area contributed by atoms with E-state index in [9.17, 15) is 8.42 Å². The van der Waals surface area contributed by atoms with E-state index < -0.39 is 15.4 Å². The second-order valence-electron chi connectivity index (χ2n) is 16.4. The Kier molecular flexibility index (Phi) is 8.42. The molecule has 0 aromatic heterocycles. The topological polar surface area (TPSA) is 140 Å². The van der Waals surface area contributed by atoms with Crippen LogP contribution in [0.25, 0.3) is 0 Å². The molecule has 45 heavy (non-hydrogen) atoms. The molecular weight excluding hydrogens is 605 g/mol. The lowest BCUT2D eigenvalue weighted by Gasteiger charge is -2.38. The molecule has 17 unspecified atom stereocenters. The third-order valence-electron chi connectivity index (χ3n) is 14.4. The molecule has 254 valence electrons. The standard InChI is InChI=1S/C32H58N8O3SSi/c41-44(42,43-45)23-15-7-14-22-24(23)32-39-30-21-13-6-5-12-20(21)28(37-30)35-26-17-9-2-1-8-16(17)25(33-26)34-27-18-10-3-4-11-19(18)29(36-27)38-31(22)40-32/h16-40H,1-15H2,45H3. The highest BCUT2D eigenvalue weighted by molar-refractivity contribution is 7.88. The zero-order valence-corrected chi connectivity index (χ0v) is 29.9. The van der Waals surface area contributed by atoms with Gasteiger partial charge in [0.15, 0.2) is 10.5 Å². The fourth-order valence-corrected chi connectivity index (χ4v) is 14.6. The van der Waals surface area contributed by atoms with Gasteiger partial charge in [0.25, 0.3) is 10.1 Å². The number of rotatable bonds is 2. The predicted octanol–water partition coefficient (Wildman–Crippen LogP) is 0.211. The first-order valence-corrected chi connectivity index (χ1v) is 21.1. The summed E-state index contributed by atoms with van der Waals surface area (Å²) in [6.07, 6.45) is 19.8. The van der Waals surface area contributed by atoms with Crippen molar-refractivity contribution in [2.75, 3.05) is 0 Å². The van der Waals surface area contributed by atoms with Crippen LogP contribution in [0, 0.1) is 47.3 Å². The van der Waals surface area contributed by atoms with Gasteiger partial charge < -0.3 is 3.87 Å². The van der Waals surface area contributed by atoms with E-state index in [1.165, 1.54) is 77.0 Å². The van der Waals surface area contributed by atoms with Gasteiger partial charge in [-0.2, -0.15) is 0 Å². The van der Waals surface area contributed by atoms with Crippen LogP contribution in [0.1, 0.15) is 96.3 Å². The van der Waals surface area contributed by atoms with E-state index in [2.05, 4.69) is 42.5 Å². The molecule has 0 aromatic rings. The van der Waals surface area contributed by atoms with Crippen molar-refractivity contribution in [1.82, 2.24) is 42.5 Å². The quantitative estimate of drug-likeness (QED) is 0.193. The first-order chi connectivity index (χ1) is 22.0. The van der Waals surface area contributed by atoms with Gasteiger partial charge in [0.1, 0.15) is 0 Å². The molecule has 5 aliphatic heterocycles. The minimum absolute atomic E-state index is 0.0140. The van der Waals surface area contributed by atoms with E-state index in [0.717, 1.165) is 12.8 Å². The van der Waals surface area contributed by atoms with Gasteiger partial charge in [-0.05, 0) is 92.8 Å². The average molecular weight is 663 g/mol. The Balaban J connectivity index is 1.08. The lowest BCUT2D eigenvalue weighted by atomic mass is 9.76. The fourth-order valence-electron chi connectivity index (χ4n) is 12.5. The van der Waals surface area contributed by atoms with E-state index in [1.54, 1.807) is 0 Å². The highest BCUT2D eigenvalue weighted by Gasteiger charge is 2.57. The van der Waals surface area contributed by atoms with Crippen molar-refractivity contribution in [3.05, 3.63) is 0 Å². The van der Waals surface area contributed by atoms with E-state index in [0.29, 0.717) is 60.4 Å². The third-order valence-corrected chi connectivity index (χ3v) is 17.6. The monoisotopic (exact) mass is 662 g/mol. The fraction of sp³-hybridized carbons (Fsp3) is 1.00. The van der Waals surface area contributed by atoms with Gasteiger partial charge in [-0.1, -0.05) is 44.9 Å². The van der Waals surface area contributed by atoms with Crippen molar-refractivity contribution in [2.24, 2.45) is 47.3 Å². The summed E-state index contributed by atoms with van der Waals surface area (Å²) in [6, 6.07) is 0. The second-order valence-corrected chi connectivity index (χ2v) is 19.3. The summed E-state index contributed by atoms with van der Waals surface area (Å²) >= 11 is 0. The minimum Gasteiger partial charge on any atom is -0.327 e. The summed E-state index contributed by atoms with van der Waals surface area (Å²) in [6.45, 7) is 0. The maximum Gasteiger partial charge on any atom is 0.260 e. The molecule has 0 aromatic carbocycles. The molecule has 4 saturated carbocycles. The van der Waals surface area contributed by atoms with Crippen molar-refractivity contribution in [1.29, 1.82) is 0 Å². The first-order valence-electron chi connectivity index (χ1n) is 18.9. The van der Waals surface area contributed by atoms with Crippen LogP contribution in [0.15, 0.2) is 0 Å². The summed E-state index contributed by atoms with van der Waals surface area (Å²) in [7, 11) is -3.38. The molecule has 0 radical (unpaired) electrons. The molecule has 9 aliphatic rings. The van der Waals surface area contributed by atoms with Crippen LogP contribution in [0.2, 0.25) is 0 Å². The van der Waals surface area contributed by atoms with Crippen LogP contribution in [0.4, 0.5) is 0 Å². The highest BCUT2D eigenvalue weighted by Crippen LogP contribution is 2.46. The Morgan fingerprint density at radius 2 is 0.689 bits per heavy atom. The molecule has 4 aliphatic carbocycles. The second kappa shape index (κ2) is 12.3. The Morgan fingerprint density at radius 1 is 0.400 bits per heavy atom. The smallest absolute Gasteiger partial charge is 0.260 e. The maximum absolute atomic E-state index is 13.4. The number of hydrogen-bond donors (Lipinski definition) is 8. The molecular formula is C32H58N8O3SSi. The molecule has 0 spiro atoms. The predicted molar refractivity (Wildman–Crippen MR) is 176 cm³/mol. The van der Waals surface area contributed by atoms with Gasteiger partial charge in [-0.25, -0.2) is 8.42 Å². The Bertz CT molecular complexity index is 1200. The lowest BCUT2D eigenvalue weighted by Crippen LogP contribution is -2.62. The highest BCUT2D eigenvalue weighted by atomic mass is 32.2. The number of nitrogens with one attached hydrogen (secondary N) is 8. The van der Waals surface area contributed by atoms with Crippen LogP contribution in [-0.2, 0) is 14.0 Å². The Hall–Kier alpha value is -0.193. The summed E-state index contributed by atoms with van der Waals surface area (Å²) in [5.74, 6) is 3.90. The Morgan fingerprint density at radius 3 is 1.02 bits per heavy atom. The lowest BCUT2D eigenvalue weighted by molar-refractivity contribution is 0.167. The zero-order chi connectivity index (χ0) is 30.3. The molecule has 11 nitrogen and oxygen atoms in total. The van der Waals surface area contributed by atoms with Crippen LogP contribution < -0.4 is 42.5 Å². The van der Waals surface area contributed by atoms with E-state index in [1.807, 2.05) is 0 Å². The molecule has 5 saturated heterocycles. The van der Waals surface area contributed by atoms with Gasteiger partial charge >= 0.3 is 0 Å². The molecule has 5 heterocycles. The minimum atomic E-state index is -3.59. The molecule has 9 fully saturated rings. The Labute approximate surface area is 273 Å². The van der Waals surface area contributed by atoms with E-state index in [4.69, 9.17) is 3.87 Å². The normalized spacial score (nSPS) is 54.6. The largest absolute Gasteiger partial charge is 0.327 e. The van der Waals surface area contributed by atoms with Gasteiger partial charge in [-0.3, -0.25) is 42.5 Å². The van der Waals surface area contributed by atoms with Crippen molar-refractivity contribution in [3.63, 3.8) is 0 Å². The van der Waals surface area contributed by atoms with Crippen molar-refractivity contribution in [2.45, 2.75) is 151 Å². The van der Waals surface area contributed by atoms with Gasteiger partial charge in [-0.15, -0.1) is 0 Å². The molecule has 0 amide bonds. The maximum atomic E-state index is 13.4. The van der Waals surface area contributed by atoms with Gasteiger partial charge in [0.2, 0.25) is 0 Å². The molecule has 8 bridgehead atoms. The van der Waals surface area contributed by atoms with Gasteiger partial charge in [0.05, 0.1) is 54.6 Å². The summed E-state index contributed by atoms with van der Waals surface area (Å²) in [5.41, 5.74) is 0. The molecule has 17 atom stereocenters. The van der Waals surface area contributed by atoms with Crippen LogP contribution in [-0.4, -0.2) is 73.5 Å². The summed E-state index contributed by atoms with van der Waals surface area (Å²) in [4.78, 5) is 0. The SMILES string of the molecule is O=S(=O)(O[SiH3])C1CCCC2C3NC4NC(NC5NC(NC6NC(NC(N3)C21)C1CCCCC61)C1CCCCC51)C1CCCCC41. The average Bonchev–Trinajstić information content (AvgIpc) is 3.80. The van der Waals surface area contributed by atoms with Crippen molar-refractivity contribution >= 4 is 20.6 Å². The van der Waals surface area contributed by atoms with Crippen LogP contribution >= 0.6 is 0 Å². The first kappa shape index (κ1) is 30.8. The van der Waals surface area contributed by atoms with Crippen molar-refractivity contribution in [3.8, 4) is 0 Å².